The van der Waals surface area contributed by atoms with E-state index in [4.69, 9.17) is 4.74 Å². The zero-order chi connectivity index (χ0) is 12.7. The number of carboxylic acid groups (broad SMARTS) is 1. The number of hydrogen-bond donors (Lipinski definition) is 2. The van der Waals surface area contributed by atoms with Crippen molar-refractivity contribution < 1.29 is 14.6 Å². The minimum Gasteiger partial charge on any atom is -0.496 e. The number of methoxy groups -OCH3 is 1. The van der Waals surface area contributed by atoms with Crippen LogP contribution in [0.1, 0.15) is 31.4 Å². The normalized spacial score (nSPS) is 12.1. The Morgan fingerprint density at radius 3 is 2.76 bits per heavy atom. The molecule has 1 rings (SSSR count). The van der Waals surface area contributed by atoms with Gasteiger partial charge in [-0.2, -0.15) is 0 Å². The van der Waals surface area contributed by atoms with Crippen molar-refractivity contribution in [2.75, 3.05) is 13.7 Å². The number of benzene rings is 1. The summed E-state index contributed by atoms with van der Waals surface area (Å²) in [5, 5.41) is 12.3. The average Bonchev–Trinajstić information content (AvgIpc) is 2.34. The lowest BCUT2D eigenvalue weighted by molar-refractivity contribution is -0.139. The van der Waals surface area contributed by atoms with E-state index in [-0.39, 0.29) is 0 Å². The third kappa shape index (κ3) is 3.75. The van der Waals surface area contributed by atoms with Crippen LogP contribution >= 0.6 is 0 Å². The summed E-state index contributed by atoms with van der Waals surface area (Å²) in [7, 11) is 1.55. The van der Waals surface area contributed by atoms with E-state index in [0.29, 0.717) is 17.9 Å². The monoisotopic (exact) mass is 237 g/mol. The number of para-hydroxylation sites is 1. The standard InChI is InChI=1S/C13H19NO3/c1-3-4-9-14-12(13(15)16)10-7-5-6-8-11(10)17-2/h5-8,12,14H,3-4,9H2,1-2H3,(H,15,16). The van der Waals surface area contributed by atoms with Gasteiger partial charge in [0.25, 0.3) is 0 Å². The Morgan fingerprint density at radius 1 is 1.47 bits per heavy atom. The van der Waals surface area contributed by atoms with E-state index in [9.17, 15) is 9.90 Å². The SMILES string of the molecule is CCCCNC(C(=O)O)c1ccccc1OC. The topological polar surface area (TPSA) is 58.6 Å². The van der Waals surface area contributed by atoms with Gasteiger partial charge in [0, 0.05) is 5.56 Å². The molecule has 0 spiro atoms. The maximum absolute atomic E-state index is 11.2. The van der Waals surface area contributed by atoms with Crippen LogP contribution in [0.4, 0.5) is 0 Å². The van der Waals surface area contributed by atoms with Crippen molar-refractivity contribution in [2.24, 2.45) is 0 Å². The Balaban J connectivity index is 2.85. The second kappa shape index (κ2) is 6.91. The lowest BCUT2D eigenvalue weighted by atomic mass is 10.1. The van der Waals surface area contributed by atoms with E-state index >= 15 is 0 Å². The van der Waals surface area contributed by atoms with Crippen LogP contribution < -0.4 is 10.1 Å². The van der Waals surface area contributed by atoms with Crippen molar-refractivity contribution in [1.29, 1.82) is 0 Å². The Bertz CT molecular complexity index is 365. The molecule has 0 bridgehead atoms. The third-order valence-corrected chi connectivity index (χ3v) is 2.58. The molecule has 0 aliphatic heterocycles. The molecule has 94 valence electrons. The largest absolute Gasteiger partial charge is 0.496 e. The van der Waals surface area contributed by atoms with Crippen molar-refractivity contribution in [1.82, 2.24) is 5.32 Å². The lowest BCUT2D eigenvalue weighted by Gasteiger charge is -2.17. The molecule has 2 N–H and O–H groups in total. The van der Waals surface area contributed by atoms with Crippen LogP contribution in [0, 0.1) is 0 Å². The van der Waals surface area contributed by atoms with Crippen LogP contribution in [0.3, 0.4) is 0 Å². The molecule has 17 heavy (non-hydrogen) atoms. The van der Waals surface area contributed by atoms with E-state index in [2.05, 4.69) is 12.2 Å². The van der Waals surface area contributed by atoms with Gasteiger partial charge >= 0.3 is 5.97 Å². The Hall–Kier alpha value is -1.55. The molecule has 0 amide bonds. The number of ether oxygens (including phenoxy) is 1. The number of unbranched alkanes of at least 4 members (excludes halogenated alkanes) is 1. The predicted molar refractivity (Wildman–Crippen MR) is 66.3 cm³/mol. The second-order valence-electron chi connectivity index (χ2n) is 3.82. The number of carbonyl (C=O) groups is 1. The van der Waals surface area contributed by atoms with Gasteiger partial charge in [0.15, 0.2) is 0 Å². The first-order chi connectivity index (χ1) is 8.20. The van der Waals surface area contributed by atoms with Crippen LogP contribution in [0.15, 0.2) is 24.3 Å². The molecular formula is C13H19NO3. The maximum Gasteiger partial charge on any atom is 0.325 e. The molecule has 0 saturated heterocycles. The zero-order valence-corrected chi connectivity index (χ0v) is 10.3. The summed E-state index contributed by atoms with van der Waals surface area (Å²) in [6.45, 7) is 2.76. The molecule has 1 unspecified atom stereocenters. The Kier molecular flexibility index (Phi) is 5.49. The molecule has 1 atom stereocenters. The average molecular weight is 237 g/mol. The van der Waals surface area contributed by atoms with E-state index < -0.39 is 12.0 Å². The molecular weight excluding hydrogens is 218 g/mol. The molecule has 0 aromatic heterocycles. The molecule has 0 aliphatic carbocycles. The summed E-state index contributed by atoms with van der Waals surface area (Å²) < 4.78 is 5.18. The zero-order valence-electron chi connectivity index (χ0n) is 10.3. The maximum atomic E-state index is 11.2. The second-order valence-corrected chi connectivity index (χ2v) is 3.82. The fraction of sp³-hybridized carbons (Fsp3) is 0.462. The number of carboxylic acids is 1. The van der Waals surface area contributed by atoms with Gasteiger partial charge in [-0.05, 0) is 19.0 Å². The summed E-state index contributed by atoms with van der Waals surface area (Å²) in [5.74, 6) is -0.283. The summed E-state index contributed by atoms with van der Waals surface area (Å²) in [5.41, 5.74) is 0.665. The number of nitrogens with one attached hydrogen (secondary N) is 1. The minimum atomic E-state index is -0.884. The molecule has 1 aromatic carbocycles. The van der Waals surface area contributed by atoms with Crippen molar-refractivity contribution in [3.05, 3.63) is 29.8 Å². The molecule has 4 nitrogen and oxygen atoms in total. The van der Waals surface area contributed by atoms with Crippen LogP contribution in [0.25, 0.3) is 0 Å². The van der Waals surface area contributed by atoms with Crippen molar-refractivity contribution in [3.63, 3.8) is 0 Å². The summed E-state index contributed by atoms with van der Waals surface area (Å²) in [4.78, 5) is 11.2. The minimum absolute atomic E-state index is 0.601. The highest BCUT2D eigenvalue weighted by Crippen LogP contribution is 2.24. The first kappa shape index (κ1) is 13.5. The smallest absolute Gasteiger partial charge is 0.325 e. The number of hydrogen-bond acceptors (Lipinski definition) is 3. The Labute approximate surface area is 102 Å². The van der Waals surface area contributed by atoms with E-state index in [1.54, 1.807) is 19.2 Å². The van der Waals surface area contributed by atoms with Gasteiger partial charge in [-0.3, -0.25) is 4.79 Å². The molecule has 0 aliphatic rings. The third-order valence-electron chi connectivity index (χ3n) is 2.58. The van der Waals surface area contributed by atoms with Gasteiger partial charge in [-0.1, -0.05) is 31.5 Å². The van der Waals surface area contributed by atoms with Crippen molar-refractivity contribution in [2.45, 2.75) is 25.8 Å². The predicted octanol–water partition coefficient (Wildman–Crippen LogP) is 2.21. The molecule has 1 aromatic rings. The first-order valence-corrected chi connectivity index (χ1v) is 5.79. The number of rotatable bonds is 7. The van der Waals surface area contributed by atoms with Gasteiger partial charge in [0.1, 0.15) is 11.8 Å². The first-order valence-electron chi connectivity index (χ1n) is 5.79. The molecule has 4 heteroatoms. The Morgan fingerprint density at radius 2 is 2.18 bits per heavy atom. The van der Waals surface area contributed by atoms with Gasteiger partial charge in [-0.25, -0.2) is 0 Å². The van der Waals surface area contributed by atoms with Crippen molar-refractivity contribution >= 4 is 5.97 Å². The molecule has 0 fully saturated rings. The fourth-order valence-electron chi connectivity index (χ4n) is 1.66. The van der Waals surface area contributed by atoms with E-state index in [1.807, 2.05) is 12.1 Å². The van der Waals surface area contributed by atoms with Gasteiger partial charge in [0.2, 0.25) is 0 Å². The van der Waals surface area contributed by atoms with Gasteiger partial charge in [0.05, 0.1) is 7.11 Å². The van der Waals surface area contributed by atoms with E-state index in [0.717, 1.165) is 12.8 Å². The van der Waals surface area contributed by atoms with Crippen LogP contribution in [-0.4, -0.2) is 24.7 Å². The lowest BCUT2D eigenvalue weighted by Crippen LogP contribution is -2.29. The highest BCUT2D eigenvalue weighted by atomic mass is 16.5. The van der Waals surface area contributed by atoms with Crippen molar-refractivity contribution in [3.8, 4) is 5.75 Å². The van der Waals surface area contributed by atoms with Gasteiger partial charge in [-0.15, -0.1) is 0 Å². The van der Waals surface area contributed by atoms with Crippen LogP contribution in [-0.2, 0) is 4.79 Å². The highest BCUT2D eigenvalue weighted by Gasteiger charge is 2.21. The highest BCUT2D eigenvalue weighted by molar-refractivity contribution is 5.76. The van der Waals surface area contributed by atoms with Gasteiger partial charge < -0.3 is 15.2 Å². The summed E-state index contributed by atoms with van der Waals surface area (Å²) in [6, 6.07) is 6.48. The fourth-order valence-corrected chi connectivity index (χ4v) is 1.66. The molecule has 0 heterocycles. The molecule has 0 radical (unpaired) electrons. The van der Waals surface area contributed by atoms with Crippen LogP contribution in [0.5, 0.6) is 5.75 Å². The summed E-state index contributed by atoms with van der Waals surface area (Å²) >= 11 is 0. The summed E-state index contributed by atoms with van der Waals surface area (Å²) in [6.07, 6.45) is 1.99. The molecule has 0 saturated carbocycles. The van der Waals surface area contributed by atoms with Crippen LogP contribution in [0.2, 0.25) is 0 Å². The quantitative estimate of drug-likeness (QED) is 0.714. The number of aliphatic carboxylic acids is 1. The van der Waals surface area contributed by atoms with E-state index in [1.165, 1.54) is 0 Å².